The van der Waals surface area contributed by atoms with Crippen molar-refractivity contribution >= 4 is 51.9 Å². The Kier molecular flexibility index (Phi) is 9.47. The van der Waals surface area contributed by atoms with Gasteiger partial charge in [0.1, 0.15) is 0 Å². The number of carbonyl (C=O) groups is 1. The number of aliphatic carboxylic acids is 1. The average molecular weight is 379 g/mol. The number of carboxylic acids is 1. The molecule has 0 spiro atoms. The monoisotopic (exact) mass is 378 g/mol. The Bertz CT molecular complexity index is 665. The lowest BCUT2D eigenvalue weighted by molar-refractivity contribution is -0.137. The van der Waals surface area contributed by atoms with Gasteiger partial charge in [0.2, 0.25) is 0 Å². The highest BCUT2D eigenvalue weighted by atomic mass is 32.1. The van der Waals surface area contributed by atoms with Crippen LogP contribution in [0.15, 0.2) is 24.3 Å². The first kappa shape index (κ1) is 20.8. The van der Waals surface area contributed by atoms with E-state index in [9.17, 15) is 4.79 Å². The van der Waals surface area contributed by atoms with E-state index in [1.165, 1.54) is 0 Å². The second-order valence-electron chi connectivity index (χ2n) is 5.12. The maximum atomic E-state index is 10.8. The van der Waals surface area contributed by atoms with Gasteiger partial charge in [0.15, 0.2) is 11.2 Å². The summed E-state index contributed by atoms with van der Waals surface area (Å²) in [7, 11) is 1.57. The quantitative estimate of drug-likeness (QED) is 0.280. The minimum atomic E-state index is -0.972. The number of benzene rings is 1. The molecule has 8 heteroatoms. The number of hydrogen-bond acceptors (Lipinski definition) is 4. The molecule has 5 N–H and O–H groups in total. The number of thiocarbonyl (C=S) groups is 2. The third-order valence-electron chi connectivity index (χ3n) is 3.01. The van der Waals surface area contributed by atoms with Crippen LogP contribution in [-0.2, 0) is 4.79 Å². The summed E-state index contributed by atoms with van der Waals surface area (Å²) in [4.78, 5) is 11.5. The second-order valence-corrected chi connectivity index (χ2v) is 6.14. The molecule has 0 heterocycles. The number of hydrogen-bond donors (Lipinski definition) is 5. The third-order valence-corrected chi connectivity index (χ3v) is 3.36. The van der Waals surface area contributed by atoms with E-state index in [-0.39, 0.29) is 0 Å². The summed E-state index contributed by atoms with van der Waals surface area (Å²) in [6.07, 6.45) is 1.36. The van der Waals surface area contributed by atoms with Crippen LogP contribution in [0.1, 0.15) is 19.8 Å². The number of unbranched alkanes of at least 4 members (excludes halogenated alkanes) is 1. The van der Waals surface area contributed by atoms with Crippen LogP contribution in [0.3, 0.4) is 0 Å². The van der Waals surface area contributed by atoms with Gasteiger partial charge < -0.3 is 21.1 Å². The molecule has 0 amide bonds. The molecular weight excluding hydrogens is 356 g/mol. The van der Waals surface area contributed by atoms with Crippen LogP contribution in [-0.4, -0.2) is 40.8 Å². The van der Waals surface area contributed by atoms with E-state index >= 15 is 0 Å². The Labute approximate surface area is 158 Å². The Morgan fingerprint density at radius 2 is 1.80 bits per heavy atom. The molecule has 0 aliphatic carbocycles. The zero-order valence-corrected chi connectivity index (χ0v) is 15.8. The van der Waals surface area contributed by atoms with Crippen LogP contribution in [0.2, 0.25) is 0 Å². The Hall–Kier alpha value is -2.21. The number of rotatable bonds is 7. The molecule has 1 aromatic carbocycles. The topological polar surface area (TPSA) is 85.4 Å². The third kappa shape index (κ3) is 9.00. The largest absolute Gasteiger partial charge is 0.479 e. The van der Waals surface area contributed by atoms with E-state index in [2.05, 4.69) is 33.1 Å². The van der Waals surface area contributed by atoms with Crippen molar-refractivity contribution in [2.24, 2.45) is 0 Å². The fourth-order valence-electron chi connectivity index (χ4n) is 1.83. The van der Waals surface area contributed by atoms with Crippen molar-refractivity contribution in [1.82, 2.24) is 10.6 Å². The number of anilines is 2. The summed E-state index contributed by atoms with van der Waals surface area (Å²) in [6.45, 7) is 2.48. The molecule has 0 aliphatic rings. The fourth-order valence-corrected chi connectivity index (χ4v) is 2.16. The van der Waals surface area contributed by atoms with Crippen LogP contribution in [0.25, 0.3) is 0 Å². The van der Waals surface area contributed by atoms with Crippen molar-refractivity contribution in [3.63, 3.8) is 0 Å². The van der Waals surface area contributed by atoms with Crippen molar-refractivity contribution in [3.05, 3.63) is 24.3 Å². The van der Waals surface area contributed by atoms with Gasteiger partial charge in [-0.3, -0.25) is 5.32 Å². The van der Waals surface area contributed by atoms with E-state index in [4.69, 9.17) is 29.5 Å². The molecule has 6 nitrogen and oxygen atoms in total. The minimum Gasteiger partial charge on any atom is -0.479 e. The van der Waals surface area contributed by atoms with E-state index in [1.807, 2.05) is 31.2 Å². The highest BCUT2D eigenvalue weighted by Crippen LogP contribution is 2.13. The zero-order valence-electron chi connectivity index (χ0n) is 14.2. The van der Waals surface area contributed by atoms with Crippen molar-refractivity contribution < 1.29 is 9.90 Å². The van der Waals surface area contributed by atoms with Gasteiger partial charge in [-0.25, -0.2) is 4.79 Å². The molecule has 1 atom stereocenters. The molecule has 0 unspecified atom stereocenters. The molecule has 0 bridgehead atoms. The van der Waals surface area contributed by atoms with Gasteiger partial charge in [-0.2, -0.15) is 0 Å². The van der Waals surface area contributed by atoms with Gasteiger partial charge >= 0.3 is 5.97 Å². The lowest BCUT2D eigenvalue weighted by Gasteiger charge is -2.11. The Morgan fingerprint density at radius 3 is 2.32 bits per heavy atom. The first-order valence-corrected chi connectivity index (χ1v) is 8.55. The van der Waals surface area contributed by atoms with Gasteiger partial charge in [0.05, 0.1) is 4.99 Å². The van der Waals surface area contributed by atoms with Crippen LogP contribution >= 0.6 is 24.4 Å². The van der Waals surface area contributed by atoms with Crippen LogP contribution in [0.4, 0.5) is 11.4 Å². The SMILES string of the molecule is CN[C@@H](C#CCCCNC(=S)Nc1ccc(NC(C)=S)cc1)C(=O)O. The highest BCUT2D eigenvalue weighted by Gasteiger charge is 2.09. The van der Waals surface area contributed by atoms with Gasteiger partial charge in [-0.05, 0) is 56.9 Å². The van der Waals surface area contributed by atoms with E-state index in [0.29, 0.717) is 23.1 Å². The first-order valence-electron chi connectivity index (χ1n) is 7.73. The number of nitrogens with one attached hydrogen (secondary N) is 4. The summed E-state index contributed by atoms with van der Waals surface area (Å²) in [5, 5.41) is 21.2. The molecule has 0 fully saturated rings. The second kappa shape index (κ2) is 11.4. The number of carboxylic acid groups (broad SMARTS) is 1. The lowest BCUT2D eigenvalue weighted by Crippen LogP contribution is -2.32. The van der Waals surface area contributed by atoms with E-state index in [0.717, 1.165) is 17.8 Å². The summed E-state index contributed by atoms with van der Waals surface area (Å²) in [5.74, 6) is 4.54. The summed E-state index contributed by atoms with van der Waals surface area (Å²) >= 11 is 10.2. The molecule has 0 aromatic heterocycles. The van der Waals surface area contributed by atoms with Crippen molar-refractivity contribution in [2.75, 3.05) is 24.2 Å². The summed E-state index contributed by atoms with van der Waals surface area (Å²) < 4.78 is 0. The van der Waals surface area contributed by atoms with Crippen LogP contribution in [0, 0.1) is 11.8 Å². The highest BCUT2D eigenvalue weighted by molar-refractivity contribution is 7.80. The molecule has 0 radical (unpaired) electrons. The average Bonchev–Trinajstić information content (AvgIpc) is 2.55. The predicted molar refractivity (Wildman–Crippen MR) is 110 cm³/mol. The van der Waals surface area contributed by atoms with Crippen molar-refractivity contribution in [3.8, 4) is 11.8 Å². The van der Waals surface area contributed by atoms with Gasteiger partial charge in [0, 0.05) is 24.3 Å². The standard InChI is InChI=1S/C17H22N4O2S2/c1-12(24)20-13-7-9-14(10-8-13)21-17(25)19-11-5-3-4-6-15(18-2)16(22)23/h7-10,15,18H,3,5,11H2,1-2H3,(H,20,24)(H,22,23)(H2,19,21,25)/t15-/m0/s1. The van der Waals surface area contributed by atoms with Crippen molar-refractivity contribution in [2.45, 2.75) is 25.8 Å². The maximum Gasteiger partial charge on any atom is 0.333 e. The van der Waals surface area contributed by atoms with Crippen molar-refractivity contribution in [1.29, 1.82) is 0 Å². The molecule has 25 heavy (non-hydrogen) atoms. The van der Waals surface area contributed by atoms with Gasteiger partial charge in [0.25, 0.3) is 0 Å². The fraction of sp³-hybridized carbons (Fsp3) is 0.353. The molecule has 1 aromatic rings. The lowest BCUT2D eigenvalue weighted by atomic mass is 10.2. The molecule has 134 valence electrons. The van der Waals surface area contributed by atoms with Crippen LogP contribution < -0.4 is 21.3 Å². The normalized spacial score (nSPS) is 10.8. The molecule has 1 rings (SSSR count). The molecular formula is C17H22N4O2S2. The maximum absolute atomic E-state index is 10.8. The molecule has 0 saturated carbocycles. The van der Waals surface area contributed by atoms with Gasteiger partial charge in [-0.1, -0.05) is 18.1 Å². The summed E-state index contributed by atoms with van der Waals surface area (Å²) in [5.41, 5.74) is 1.81. The predicted octanol–water partition coefficient (Wildman–Crippen LogP) is 2.19. The molecule has 0 aliphatic heterocycles. The smallest absolute Gasteiger partial charge is 0.333 e. The number of likely N-dealkylation sites (N-methyl/N-ethyl adjacent to an activating group) is 1. The Balaban J connectivity index is 2.28. The zero-order chi connectivity index (χ0) is 18.7. The van der Waals surface area contributed by atoms with E-state index in [1.54, 1.807) is 7.05 Å². The minimum absolute atomic E-state index is 0.526. The molecule has 0 saturated heterocycles. The van der Waals surface area contributed by atoms with Crippen LogP contribution in [0.5, 0.6) is 0 Å². The van der Waals surface area contributed by atoms with Gasteiger partial charge in [-0.15, -0.1) is 5.92 Å². The summed E-state index contributed by atoms with van der Waals surface area (Å²) in [6, 6.07) is 6.82. The first-order chi connectivity index (χ1) is 11.9. The Morgan fingerprint density at radius 1 is 1.20 bits per heavy atom. The van der Waals surface area contributed by atoms with E-state index < -0.39 is 12.0 Å².